The molecule has 2 amide bonds. The predicted octanol–water partition coefficient (Wildman–Crippen LogP) is 3.33. The van der Waals surface area contributed by atoms with Gasteiger partial charge in [-0.1, -0.05) is 37.8 Å². The molecule has 1 fully saturated rings. The van der Waals surface area contributed by atoms with Gasteiger partial charge in [-0.15, -0.1) is 5.06 Å². The van der Waals surface area contributed by atoms with Crippen LogP contribution in [-0.4, -0.2) is 22.5 Å². The molecule has 0 atom stereocenters. The van der Waals surface area contributed by atoms with Gasteiger partial charge in [0.15, 0.2) is 0 Å². The highest BCUT2D eigenvalue weighted by molar-refractivity contribution is 6.20. The minimum atomic E-state index is -0.413. The number of imide groups is 1. The average molecular weight is 273 g/mol. The van der Waals surface area contributed by atoms with Gasteiger partial charge in [-0.3, -0.25) is 14.4 Å². The van der Waals surface area contributed by atoms with Gasteiger partial charge in [0.05, 0.1) is 16.7 Å². The molecule has 2 aliphatic rings. The molecule has 1 heterocycles. The Morgan fingerprint density at radius 3 is 1.95 bits per heavy atom. The van der Waals surface area contributed by atoms with Crippen molar-refractivity contribution in [2.24, 2.45) is 0 Å². The van der Waals surface area contributed by atoms with Gasteiger partial charge >= 0.3 is 0 Å². The molecule has 20 heavy (non-hydrogen) atoms. The largest absolute Gasteiger partial charge is 0.285 e. The lowest BCUT2D eigenvalue weighted by molar-refractivity contribution is -0.185. The van der Waals surface area contributed by atoms with E-state index in [4.69, 9.17) is 4.84 Å². The Morgan fingerprint density at radius 1 is 0.950 bits per heavy atom. The number of carbonyl (C=O) groups excluding carboxylic acids is 2. The topological polar surface area (TPSA) is 46.6 Å². The zero-order valence-electron chi connectivity index (χ0n) is 11.7. The minimum Gasteiger partial charge on any atom is -0.266 e. The summed E-state index contributed by atoms with van der Waals surface area (Å²) in [5.41, 5.74) is 0.466. The van der Waals surface area contributed by atoms with Gasteiger partial charge in [0.2, 0.25) is 0 Å². The summed E-state index contributed by atoms with van der Waals surface area (Å²) in [6.07, 6.45) is 6.34. The molecule has 1 aromatic carbocycles. The smallest absolute Gasteiger partial charge is 0.266 e. The highest BCUT2D eigenvalue weighted by atomic mass is 16.7. The van der Waals surface area contributed by atoms with E-state index in [1.165, 1.54) is 12.8 Å². The van der Waals surface area contributed by atoms with E-state index in [2.05, 4.69) is 0 Å². The van der Waals surface area contributed by atoms with Crippen LogP contribution in [-0.2, 0) is 4.84 Å². The zero-order valence-corrected chi connectivity index (χ0v) is 11.7. The van der Waals surface area contributed by atoms with Crippen molar-refractivity contribution in [3.63, 3.8) is 0 Å². The van der Waals surface area contributed by atoms with Gasteiger partial charge in [0, 0.05) is 0 Å². The number of fused-ring (bicyclic) bond motifs is 1. The van der Waals surface area contributed by atoms with Crippen molar-refractivity contribution in [1.29, 1.82) is 0 Å². The van der Waals surface area contributed by atoms with Crippen molar-refractivity contribution in [1.82, 2.24) is 5.06 Å². The molecule has 4 nitrogen and oxygen atoms in total. The van der Waals surface area contributed by atoms with Crippen LogP contribution in [0.2, 0.25) is 0 Å². The third-order valence-electron chi connectivity index (χ3n) is 4.23. The fraction of sp³-hybridized carbons (Fsp3) is 0.500. The Hall–Kier alpha value is -1.68. The van der Waals surface area contributed by atoms with Crippen LogP contribution in [0.15, 0.2) is 24.3 Å². The van der Waals surface area contributed by atoms with E-state index in [0.717, 1.165) is 30.7 Å². The van der Waals surface area contributed by atoms with Gasteiger partial charge in [0.1, 0.15) is 0 Å². The number of nitrogens with zero attached hydrogens (tertiary/aromatic N) is 1. The van der Waals surface area contributed by atoms with Crippen LogP contribution in [0.3, 0.4) is 0 Å². The molecule has 4 heteroatoms. The molecule has 0 bridgehead atoms. The van der Waals surface area contributed by atoms with Crippen molar-refractivity contribution in [3.8, 4) is 0 Å². The number of hydrogen-bond donors (Lipinski definition) is 0. The third-order valence-corrected chi connectivity index (χ3v) is 4.23. The lowest BCUT2D eigenvalue weighted by Gasteiger charge is -2.31. The molecule has 106 valence electrons. The number of benzene rings is 1. The quantitative estimate of drug-likeness (QED) is 0.613. The first-order valence-electron chi connectivity index (χ1n) is 7.28. The average Bonchev–Trinajstić information content (AvgIpc) is 2.62. The van der Waals surface area contributed by atoms with E-state index >= 15 is 0 Å². The maximum absolute atomic E-state index is 12.3. The Bertz CT molecular complexity index is 509. The summed E-state index contributed by atoms with van der Waals surface area (Å²) >= 11 is 0. The second kappa shape index (κ2) is 5.02. The fourth-order valence-corrected chi connectivity index (χ4v) is 3.04. The van der Waals surface area contributed by atoms with E-state index < -0.39 is 5.60 Å². The standard InChI is InChI=1S/C16H19NO3/c1-16(10-6-2-3-7-11-16)20-17-14(18)12-8-4-5-9-13(12)15(17)19/h4-5,8-9H,2-3,6-7,10-11H2,1H3. The second-order valence-electron chi connectivity index (χ2n) is 5.91. The third kappa shape index (κ3) is 2.24. The maximum Gasteiger partial charge on any atom is 0.285 e. The van der Waals surface area contributed by atoms with E-state index in [1.807, 2.05) is 6.92 Å². The van der Waals surface area contributed by atoms with Crippen LogP contribution in [0, 0.1) is 0 Å². The van der Waals surface area contributed by atoms with E-state index in [9.17, 15) is 9.59 Å². The summed E-state index contributed by atoms with van der Waals surface area (Å²) in [4.78, 5) is 30.4. The normalized spacial score (nSPS) is 21.8. The summed E-state index contributed by atoms with van der Waals surface area (Å²) in [5, 5.41) is 0.968. The molecule has 0 N–H and O–H groups in total. The summed E-state index contributed by atoms with van der Waals surface area (Å²) in [5.74, 6) is -0.674. The monoisotopic (exact) mass is 273 g/mol. The van der Waals surface area contributed by atoms with Crippen molar-refractivity contribution < 1.29 is 14.4 Å². The van der Waals surface area contributed by atoms with Crippen molar-refractivity contribution >= 4 is 11.8 Å². The lowest BCUT2D eigenvalue weighted by atomic mass is 9.97. The SMILES string of the molecule is CC1(ON2C(=O)c3ccccc3C2=O)CCCCCC1. The molecule has 0 radical (unpaired) electrons. The first-order chi connectivity index (χ1) is 9.61. The minimum absolute atomic E-state index is 0.337. The number of rotatable bonds is 2. The van der Waals surface area contributed by atoms with Gasteiger partial charge < -0.3 is 0 Å². The molecular formula is C16H19NO3. The lowest BCUT2D eigenvalue weighted by Crippen LogP contribution is -2.41. The Kier molecular flexibility index (Phi) is 3.34. The van der Waals surface area contributed by atoms with E-state index in [0.29, 0.717) is 11.1 Å². The summed E-state index contributed by atoms with van der Waals surface area (Å²) in [6, 6.07) is 6.88. The van der Waals surface area contributed by atoms with Crippen LogP contribution in [0.4, 0.5) is 0 Å². The molecule has 0 spiro atoms. The number of carbonyl (C=O) groups is 2. The number of amides is 2. The summed E-state index contributed by atoms with van der Waals surface area (Å²) in [6.45, 7) is 2.00. The maximum atomic E-state index is 12.3. The van der Waals surface area contributed by atoms with Gasteiger partial charge in [-0.2, -0.15) is 0 Å². The van der Waals surface area contributed by atoms with Crippen molar-refractivity contribution in [2.45, 2.75) is 51.0 Å². The van der Waals surface area contributed by atoms with Crippen LogP contribution in [0.1, 0.15) is 66.2 Å². The van der Waals surface area contributed by atoms with Crippen molar-refractivity contribution in [3.05, 3.63) is 35.4 Å². The molecule has 1 aliphatic heterocycles. The molecule has 3 rings (SSSR count). The Morgan fingerprint density at radius 2 is 1.45 bits per heavy atom. The zero-order chi connectivity index (χ0) is 14.2. The highest BCUT2D eigenvalue weighted by Crippen LogP contribution is 2.33. The molecule has 1 aromatic rings. The van der Waals surface area contributed by atoms with Crippen LogP contribution < -0.4 is 0 Å². The summed E-state index contributed by atoms with van der Waals surface area (Å²) < 4.78 is 0. The Labute approximate surface area is 118 Å². The van der Waals surface area contributed by atoms with Gasteiger partial charge in [-0.25, -0.2) is 0 Å². The fourth-order valence-electron chi connectivity index (χ4n) is 3.04. The Balaban J connectivity index is 1.82. The number of hydrogen-bond acceptors (Lipinski definition) is 3. The molecule has 0 aromatic heterocycles. The van der Waals surface area contributed by atoms with E-state index in [1.54, 1.807) is 24.3 Å². The van der Waals surface area contributed by atoms with Gasteiger partial charge in [0.25, 0.3) is 11.8 Å². The second-order valence-corrected chi connectivity index (χ2v) is 5.91. The van der Waals surface area contributed by atoms with Gasteiger partial charge in [-0.05, 0) is 31.9 Å². The molecule has 0 unspecified atom stereocenters. The first-order valence-corrected chi connectivity index (χ1v) is 7.28. The molecule has 1 saturated carbocycles. The van der Waals surface area contributed by atoms with Crippen molar-refractivity contribution in [2.75, 3.05) is 0 Å². The first kappa shape index (κ1) is 13.3. The van der Waals surface area contributed by atoms with Crippen LogP contribution >= 0.6 is 0 Å². The predicted molar refractivity (Wildman–Crippen MR) is 74.1 cm³/mol. The summed E-state index contributed by atoms with van der Waals surface area (Å²) in [7, 11) is 0. The molecule has 1 aliphatic carbocycles. The number of hydroxylamine groups is 2. The molecular weight excluding hydrogens is 254 g/mol. The van der Waals surface area contributed by atoms with Crippen LogP contribution in [0.5, 0.6) is 0 Å². The molecule has 0 saturated heterocycles. The highest BCUT2D eigenvalue weighted by Gasteiger charge is 2.41. The van der Waals surface area contributed by atoms with E-state index in [-0.39, 0.29) is 11.8 Å². The van der Waals surface area contributed by atoms with Crippen LogP contribution in [0.25, 0.3) is 0 Å².